The largest absolute Gasteiger partial charge is 0.371 e. The molecule has 56 valence electrons. The predicted octanol–water partition coefficient (Wildman–Crippen LogP) is 1.64. The van der Waals surface area contributed by atoms with Crippen LogP contribution in [-0.2, 0) is 0 Å². The minimum absolute atomic E-state index is 0.454. The summed E-state index contributed by atoms with van der Waals surface area (Å²) in [5, 5.41) is 0. The lowest BCUT2D eigenvalue weighted by Crippen LogP contribution is -2.27. The number of allylic oxidation sites excluding steroid dienone is 1. The van der Waals surface area contributed by atoms with Gasteiger partial charge in [0.2, 0.25) is 0 Å². The van der Waals surface area contributed by atoms with Crippen LogP contribution in [-0.4, -0.2) is 24.2 Å². The zero-order valence-corrected chi connectivity index (χ0v) is 6.83. The Bertz CT molecular complexity index is 170. The van der Waals surface area contributed by atoms with Crippen molar-refractivity contribution in [2.45, 2.75) is 26.3 Å². The third-order valence-corrected chi connectivity index (χ3v) is 1.81. The fourth-order valence-corrected chi connectivity index (χ4v) is 0.877. The molecule has 1 unspecified atom stereocenters. The third kappa shape index (κ3) is 1.38. The molecule has 0 radical (unpaired) electrons. The molecule has 0 spiro atoms. The summed E-state index contributed by atoms with van der Waals surface area (Å²) < 4.78 is 0. The van der Waals surface area contributed by atoms with Gasteiger partial charge in [-0.05, 0) is 13.3 Å². The standard InChI is InChI=1S/C8H14N2/c1-4-8-6-10(3)7(2)5-9-8/h5-7H,4H2,1-3H3. The van der Waals surface area contributed by atoms with Crippen LogP contribution in [0.5, 0.6) is 0 Å². The molecule has 0 fully saturated rings. The molecule has 0 saturated carbocycles. The highest BCUT2D eigenvalue weighted by Gasteiger charge is 2.07. The summed E-state index contributed by atoms with van der Waals surface area (Å²) in [4.78, 5) is 6.45. The summed E-state index contributed by atoms with van der Waals surface area (Å²) >= 11 is 0. The maximum atomic E-state index is 4.27. The zero-order valence-electron chi connectivity index (χ0n) is 6.83. The first-order valence-electron chi connectivity index (χ1n) is 3.71. The normalized spacial score (nSPS) is 24.9. The maximum Gasteiger partial charge on any atom is 0.0608 e. The van der Waals surface area contributed by atoms with Crippen LogP contribution in [0, 0.1) is 0 Å². The summed E-state index contributed by atoms with van der Waals surface area (Å²) in [6.07, 6.45) is 5.11. The van der Waals surface area contributed by atoms with Crippen molar-refractivity contribution in [3.8, 4) is 0 Å². The molecule has 0 aromatic heterocycles. The maximum absolute atomic E-state index is 4.27. The van der Waals surface area contributed by atoms with Gasteiger partial charge in [-0.1, -0.05) is 6.92 Å². The highest BCUT2D eigenvalue weighted by molar-refractivity contribution is 5.66. The molecule has 0 saturated heterocycles. The molecule has 1 aliphatic rings. The molecule has 2 heteroatoms. The van der Waals surface area contributed by atoms with Crippen molar-refractivity contribution in [1.82, 2.24) is 4.90 Å². The second kappa shape index (κ2) is 2.86. The van der Waals surface area contributed by atoms with Gasteiger partial charge in [0.15, 0.2) is 0 Å². The van der Waals surface area contributed by atoms with E-state index in [1.54, 1.807) is 0 Å². The van der Waals surface area contributed by atoms with Gasteiger partial charge in [-0.3, -0.25) is 4.99 Å². The Kier molecular flexibility index (Phi) is 2.10. The van der Waals surface area contributed by atoms with E-state index in [-0.39, 0.29) is 0 Å². The van der Waals surface area contributed by atoms with Crippen LogP contribution in [0.25, 0.3) is 0 Å². The minimum atomic E-state index is 0.454. The molecule has 0 aromatic carbocycles. The second-order valence-electron chi connectivity index (χ2n) is 2.66. The fourth-order valence-electron chi connectivity index (χ4n) is 0.877. The topological polar surface area (TPSA) is 15.6 Å². The fraction of sp³-hybridized carbons (Fsp3) is 0.625. The average Bonchev–Trinajstić information content (AvgIpc) is 1.95. The van der Waals surface area contributed by atoms with Crippen LogP contribution in [0.15, 0.2) is 16.9 Å². The Morgan fingerprint density at radius 3 is 2.90 bits per heavy atom. The Morgan fingerprint density at radius 1 is 1.70 bits per heavy atom. The first-order valence-corrected chi connectivity index (χ1v) is 3.71. The Labute approximate surface area is 62.3 Å². The SMILES string of the molecule is CCC1=CN(C)C(C)C=N1. The summed E-state index contributed by atoms with van der Waals surface area (Å²) in [6.45, 7) is 4.25. The monoisotopic (exact) mass is 138 g/mol. The van der Waals surface area contributed by atoms with Crippen molar-refractivity contribution in [2.75, 3.05) is 7.05 Å². The summed E-state index contributed by atoms with van der Waals surface area (Å²) in [5.74, 6) is 0. The number of hydrogen-bond acceptors (Lipinski definition) is 2. The Morgan fingerprint density at radius 2 is 2.40 bits per heavy atom. The van der Waals surface area contributed by atoms with E-state index in [2.05, 4.69) is 37.0 Å². The number of aliphatic imine (C=N–C) groups is 1. The molecule has 0 bridgehead atoms. The molecule has 10 heavy (non-hydrogen) atoms. The smallest absolute Gasteiger partial charge is 0.0608 e. The van der Waals surface area contributed by atoms with E-state index in [0.29, 0.717) is 6.04 Å². The highest BCUT2D eigenvalue weighted by atomic mass is 15.1. The van der Waals surface area contributed by atoms with Crippen molar-refractivity contribution < 1.29 is 0 Å². The van der Waals surface area contributed by atoms with Crippen LogP contribution in [0.1, 0.15) is 20.3 Å². The van der Waals surface area contributed by atoms with Gasteiger partial charge >= 0.3 is 0 Å². The molecular formula is C8H14N2. The molecule has 0 aliphatic carbocycles. The van der Waals surface area contributed by atoms with E-state index in [0.717, 1.165) is 6.42 Å². The van der Waals surface area contributed by atoms with Crippen molar-refractivity contribution >= 4 is 6.21 Å². The second-order valence-corrected chi connectivity index (χ2v) is 2.66. The lowest BCUT2D eigenvalue weighted by molar-refractivity contribution is 0.420. The van der Waals surface area contributed by atoms with Crippen LogP contribution < -0.4 is 0 Å². The molecule has 2 nitrogen and oxygen atoms in total. The first kappa shape index (κ1) is 7.32. The third-order valence-electron chi connectivity index (χ3n) is 1.81. The first-order chi connectivity index (χ1) is 4.74. The van der Waals surface area contributed by atoms with Gasteiger partial charge in [-0.25, -0.2) is 0 Å². The van der Waals surface area contributed by atoms with Crippen LogP contribution in [0.3, 0.4) is 0 Å². The van der Waals surface area contributed by atoms with Crippen molar-refractivity contribution in [2.24, 2.45) is 4.99 Å². The lowest BCUT2D eigenvalue weighted by Gasteiger charge is -2.23. The number of hydrogen-bond donors (Lipinski definition) is 0. The van der Waals surface area contributed by atoms with Crippen molar-refractivity contribution in [1.29, 1.82) is 0 Å². The lowest BCUT2D eigenvalue weighted by atomic mass is 10.2. The van der Waals surface area contributed by atoms with E-state index in [1.807, 2.05) is 6.21 Å². The van der Waals surface area contributed by atoms with E-state index < -0.39 is 0 Å². The van der Waals surface area contributed by atoms with Gasteiger partial charge in [0.05, 0.1) is 11.7 Å². The molecule has 1 rings (SSSR count). The van der Waals surface area contributed by atoms with Gasteiger partial charge in [-0.2, -0.15) is 0 Å². The van der Waals surface area contributed by atoms with Crippen LogP contribution >= 0.6 is 0 Å². The van der Waals surface area contributed by atoms with E-state index in [9.17, 15) is 0 Å². The summed E-state index contributed by atoms with van der Waals surface area (Å²) in [6, 6.07) is 0.454. The molecule has 0 aromatic rings. The van der Waals surface area contributed by atoms with Gasteiger partial charge in [0.25, 0.3) is 0 Å². The minimum Gasteiger partial charge on any atom is -0.371 e. The molecule has 1 atom stereocenters. The van der Waals surface area contributed by atoms with Gasteiger partial charge in [0, 0.05) is 19.5 Å². The quantitative estimate of drug-likeness (QED) is 0.538. The highest BCUT2D eigenvalue weighted by Crippen LogP contribution is 2.10. The Hall–Kier alpha value is -0.790. The molecule has 0 amide bonds. The van der Waals surface area contributed by atoms with Gasteiger partial charge < -0.3 is 4.90 Å². The molecule has 1 aliphatic heterocycles. The molecule has 0 N–H and O–H groups in total. The van der Waals surface area contributed by atoms with Gasteiger partial charge in [0.1, 0.15) is 0 Å². The van der Waals surface area contributed by atoms with Gasteiger partial charge in [-0.15, -0.1) is 0 Å². The van der Waals surface area contributed by atoms with Crippen molar-refractivity contribution in [3.63, 3.8) is 0 Å². The van der Waals surface area contributed by atoms with E-state index in [1.165, 1.54) is 5.70 Å². The predicted molar refractivity (Wildman–Crippen MR) is 44.1 cm³/mol. The Balaban J connectivity index is 2.66. The van der Waals surface area contributed by atoms with Crippen molar-refractivity contribution in [3.05, 3.63) is 11.9 Å². The van der Waals surface area contributed by atoms with Crippen LogP contribution in [0.2, 0.25) is 0 Å². The summed E-state index contributed by atoms with van der Waals surface area (Å²) in [7, 11) is 2.07. The molecular weight excluding hydrogens is 124 g/mol. The average molecular weight is 138 g/mol. The number of nitrogens with zero attached hydrogens (tertiary/aromatic N) is 2. The zero-order chi connectivity index (χ0) is 7.56. The number of rotatable bonds is 1. The summed E-state index contributed by atoms with van der Waals surface area (Å²) in [5.41, 5.74) is 1.17. The van der Waals surface area contributed by atoms with E-state index in [4.69, 9.17) is 0 Å². The van der Waals surface area contributed by atoms with E-state index >= 15 is 0 Å². The molecule has 1 heterocycles. The van der Waals surface area contributed by atoms with Crippen LogP contribution in [0.4, 0.5) is 0 Å².